The molecule has 0 bridgehead atoms. The fraction of sp³-hybridized carbons (Fsp3) is 0.500. The van der Waals surface area contributed by atoms with Crippen molar-refractivity contribution >= 4 is 11.8 Å². The van der Waals surface area contributed by atoms with Gasteiger partial charge in [-0.25, -0.2) is 0 Å². The van der Waals surface area contributed by atoms with E-state index < -0.39 is 0 Å². The molecule has 0 saturated heterocycles. The zero-order valence-corrected chi connectivity index (χ0v) is 11.1. The predicted molar refractivity (Wildman–Crippen MR) is 71.0 cm³/mol. The summed E-state index contributed by atoms with van der Waals surface area (Å²) in [4.78, 5) is 23.7. The number of rotatable bonds is 3. The van der Waals surface area contributed by atoms with Gasteiger partial charge >= 0.3 is 5.97 Å². The molecule has 2 atom stereocenters. The van der Waals surface area contributed by atoms with Gasteiger partial charge in [0.1, 0.15) is 0 Å². The molecular weight excluding hydrogens is 240 g/mol. The fourth-order valence-corrected chi connectivity index (χ4v) is 3.00. The van der Waals surface area contributed by atoms with Gasteiger partial charge in [0.15, 0.2) is 5.78 Å². The van der Waals surface area contributed by atoms with Crippen LogP contribution in [0.5, 0.6) is 0 Å². The summed E-state index contributed by atoms with van der Waals surface area (Å²) in [6.07, 6.45) is 5.29. The van der Waals surface area contributed by atoms with E-state index in [0.717, 1.165) is 18.4 Å². The highest BCUT2D eigenvalue weighted by atomic mass is 16.5. The van der Waals surface area contributed by atoms with Gasteiger partial charge in [-0.2, -0.15) is 0 Å². The Morgan fingerprint density at radius 2 is 1.84 bits per heavy atom. The fourth-order valence-electron chi connectivity index (χ4n) is 3.00. The highest BCUT2D eigenvalue weighted by molar-refractivity contribution is 6.03. The molecule has 0 aromatic heterocycles. The van der Waals surface area contributed by atoms with Crippen molar-refractivity contribution in [2.24, 2.45) is 11.8 Å². The van der Waals surface area contributed by atoms with E-state index in [9.17, 15) is 9.59 Å². The largest absolute Gasteiger partial charge is 0.469 e. The van der Waals surface area contributed by atoms with Gasteiger partial charge in [-0.15, -0.1) is 0 Å². The van der Waals surface area contributed by atoms with Gasteiger partial charge in [0, 0.05) is 11.5 Å². The number of esters is 1. The second-order valence-electron chi connectivity index (χ2n) is 5.53. The maximum Gasteiger partial charge on any atom is 0.309 e. The normalized spacial score (nSPS) is 24.5. The Kier molecular flexibility index (Phi) is 3.13. The number of fused-ring (bicyclic) bond motifs is 1. The number of aryl methyl sites for hydroxylation is 2. The molecule has 0 aliphatic heterocycles. The number of carbonyl (C=O) groups excluding carboxylic acids is 2. The minimum atomic E-state index is -0.253. The number of ketones is 1. The molecule has 0 amide bonds. The third kappa shape index (κ3) is 2.29. The van der Waals surface area contributed by atoms with Crippen LogP contribution >= 0.6 is 0 Å². The molecule has 0 spiro atoms. The van der Waals surface area contributed by atoms with E-state index in [1.165, 1.54) is 31.1 Å². The zero-order valence-electron chi connectivity index (χ0n) is 11.1. The lowest BCUT2D eigenvalue weighted by Crippen LogP contribution is -2.11. The average molecular weight is 258 g/mol. The third-order valence-corrected chi connectivity index (χ3v) is 4.26. The van der Waals surface area contributed by atoms with E-state index in [-0.39, 0.29) is 23.6 Å². The summed E-state index contributed by atoms with van der Waals surface area (Å²) in [6.45, 7) is 0. The smallest absolute Gasteiger partial charge is 0.309 e. The minimum Gasteiger partial charge on any atom is -0.469 e. The molecule has 1 aromatic carbocycles. The number of hydrogen-bond acceptors (Lipinski definition) is 3. The standard InChI is InChI=1S/C16H18O3/c1-19-16(18)14-9-13(14)15(17)12-7-6-10-4-2-3-5-11(10)8-12/h6-8,13-14H,2-5,9H2,1H3/t13-,14-/m1/s1. The van der Waals surface area contributed by atoms with Crippen molar-refractivity contribution in [1.82, 2.24) is 0 Å². The van der Waals surface area contributed by atoms with Gasteiger partial charge in [-0.1, -0.05) is 12.1 Å². The third-order valence-electron chi connectivity index (χ3n) is 4.26. The second kappa shape index (κ2) is 4.80. The molecule has 3 heteroatoms. The molecule has 1 aromatic rings. The van der Waals surface area contributed by atoms with Gasteiger partial charge in [-0.3, -0.25) is 9.59 Å². The number of hydrogen-bond donors (Lipinski definition) is 0. The lowest BCUT2D eigenvalue weighted by atomic mass is 9.89. The van der Waals surface area contributed by atoms with Gasteiger partial charge in [0.25, 0.3) is 0 Å². The summed E-state index contributed by atoms with van der Waals surface area (Å²) in [5, 5.41) is 0. The van der Waals surface area contributed by atoms with Crippen LogP contribution in [0.3, 0.4) is 0 Å². The first kappa shape index (κ1) is 12.4. The van der Waals surface area contributed by atoms with E-state index in [1.807, 2.05) is 12.1 Å². The van der Waals surface area contributed by atoms with E-state index in [4.69, 9.17) is 0 Å². The summed E-state index contributed by atoms with van der Waals surface area (Å²) < 4.78 is 4.69. The first-order valence-corrected chi connectivity index (χ1v) is 6.94. The van der Waals surface area contributed by atoms with Crippen molar-refractivity contribution in [3.63, 3.8) is 0 Å². The van der Waals surface area contributed by atoms with Gasteiger partial charge in [-0.05, 0) is 49.3 Å². The Balaban J connectivity index is 1.76. The average Bonchev–Trinajstić information content (AvgIpc) is 3.25. The van der Waals surface area contributed by atoms with E-state index >= 15 is 0 Å². The summed E-state index contributed by atoms with van der Waals surface area (Å²) >= 11 is 0. The van der Waals surface area contributed by atoms with Crippen LogP contribution in [0.25, 0.3) is 0 Å². The van der Waals surface area contributed by atoms with Crippen LogP contribution in [0.1, 0.15) is 40.7 Å². The topological polar surface area (TPSA) is 43.4 Å². The van der Waals surface area contributed by atoms with E-state index in [0.29, 0.717) is 6.42 Å². The molecule has 2 aliphatic rings. The molecule has 0 unspecified atom stereocenters. The lowest BCUT2D eigenvalue weighted by Gasteiger charge is -2.16. The van der Waals surface area contributed by atoms with Crippen molar-refractivity contribution in [3.05, 3.63) is 34.9 Å². The SMILES string of the molecule is COC(=O)[C@@H]1C[C@H]1C(=O)c1ccc2c(c1)CCCC2. The van der Waals surface area contributed by atoms with Crippen molar-refractivity contribution < 1.29 is 14.3 Å². The Bertz CT molecular complexity index is 533. The van der Waals surface area contributed by atoms with Crippen LogP contribution in [-0.2, 0) is 22.4 Å². The molecule has 0 N–H and O–H groups in total. The van der Waals surface area contributed by atoms with E-state index in [1.54, 1.807) is 0 Å². The molecule has 3 nitrogen and oxygen atoms in total. The number of carbonyl (C=O) groups is 2. The predicted octanol–water partition coefficient (Wildman–Crippen LogP) is 2.56. The molecule has 0 heterocycles. The Hall–Kier alpha value is -1.64. The first-order chi connectivity index (χ1) is 9.20. The van der Waals surface area contributed by atoms with Crippen LogP contribution in [0.4, 0.5) is 0 Å². The molecule has 0 radical (unpaired) electrons. The zero-order chi connectivity index (χ0) is 13.4. The van der Waals surface area contributed by atoms with Gasteiger partial charge in [0.05, 0.1) is 13.0 Å². The molecule has 1 fully saturated rings. The number of methoxy groups -OCH3 is 1. The van der Waals surface area contributed by atoms with Crippen molar-refractivity contribution in [2.75, 3.05) is 7.11 Å². The molecule has 1 saturated carbocycles. The number of ether oxygens (including phenoxy) is 1. The summed E-state index contributed by atoms with van der Waals surface area (Å²) in [5.41, 5.74) is 3.45. The molecular formula is C16H18O3. The molecule has 2 aliphatic carbocycles. The lowest BCUT2D eigenvalue weighted by molar-refractivity contribution is -0.142. The van der Waals surface area contributed by atoms with Gasteiger partial charge in [0.2, 0.25) is 0 Å². The number of Topliss-reactive ketones (excluding diaryl/α,β-unsaturated/α-hetero) is 1. The van der Waals surface area contributed by atoms with Crippen LogP contribution < -0.4 is 0 Å². The monoisotopic (exact) mass is 258 g/mol. The first-order valence-electron chi connectivity index (χ1n) is 6.94. The van der Waals surface area contributed by atoms with Crippen molar-refractivity contribution in [3.8, 4) is 0 Å². The van der Waals surface area contributed by atoms with E-state index in [2.05, 4.69) is 10.8 Å². The Labute approximate surface area is 113 Å². The molecule has 3 rings (SSSR count). The van der Waals surface area contributed by atoms with Crippen LogP contribution in [-0.4, -0.2) is 18.9 Å². The maximum absolute atomic E-state index is 12.3. The highest BCUT2D eigenvalue weighted by Crippen LogP contribution is 2.42. The maximum atomic E-state index is 12.3. The van der Waals surface area contributed by atoms with Crippen LogP contribution in [0.15, 0.2) is 18.2 Å². The second-order valence-corrected chi connectivity index (χ2v) is 5.53. The number of benzene rings is 1. The Morgan fingerprint density at radius 1 is 1.11 bits per heavy atom. The van der Waals surface area contributed by atoms with Crippen LogP contribution in [0.2, 0.25) is 0 Å². The van der Waals surface area contributed by atoms with Crippen molar-refractivity contribution in [2.45, 2.75) is 32.1 Å². The summed E-state index contributed by atoms with van der Waals surface area (Å²) in [6, 6.07) is 6.03. The highest BCUT2D eigenvalue weighted by Gasteiger charge is 2.48. The van der Waals surface area contributed by atoms with Gasteiger partial charge < -0.3 is 4.74 Å². The quantitative estimate of drug-likeness (QED) is 0.618. The summed E-state index contributed by atoms with van der Waals surface area (Å²) in [7, 11) is 1.38. The molecule has 19 heavy (non-hydrogen) atoms. The summed E-state index contributed by atoms with van der Waals surface area (Å²) in [5.74, 6) is -0.525. The van der Waals surface area contributed by atoms with Crippen molar-refractivity contribution in [1.29, 1.82) is 0 Å². The Morgan fingerprint density at radius 3 is 2.58 bits per heavy atom. The molecule has 100 valence electrons. The van der Waals surface area contributed by atoms with Crippen LogP contribution in [0, 0.1) is 11.8 Å². The minimum absolute atomic E-state index is 0.101.